The van der Waals surface area contributed by atoms with Crippen LogP contribution in [0.1, 0.15) is 403 Å². The van der Waals surface area contributed by atoms with E-state index in [1.54, 1.807) is 43.4 Å². The minimum atomic E-state index is -4.44. The number of aryl methyl sites for hydroxylation is 1. The maximum absolute atomic E-state index is 15.1. The average molecular weight is 1820 g/mol. The molecule has 2 aromatic carbocycles. The van der Waals surface area contributed by atoms with E-state index in [-0.39, 0.29) is 74.7 Å². The van der Waals surface area contributed by atoms with Gasteiger partial charge in [0.05, 0.1) is 52.4 Å². The number of anilines is 1. The van der Waals surface area contributed by atoms with Crippen LogP contribution in [0.5, 0.6) is 17.2 Å². The van der Waals surface area contributed by atoms with Crippen molar-refractivity contribution in [2.75, 3.05) is 58.6 Å². The number of ketones is 1. The Balaban J connectivity index is 1.05. The number of nitrogens with one attached hydrogen (secondary N) is 2. The summed E-state index contributed by atoms with van der Waals surface area (Å²) in [5.74, 6) is -1.36. The van der Waals surface area contributed by atoms with Gasteiger partial charge in [-0.2, -0.15) is 4.98 Å². The first-order chi connectivity index (χ1) is 61.2. The summed E-state index contributed by atoms with van der Waals surface area (Å²) in [6.45, 7) is 5.30. The molecule has 4 heterocycles. The number of aliphatic hydroxyl groups excluding tert-OH is 1. The molecule has 0 radical (unpaired) electrons. The maximum Gasteiger partial charge on any atom is 0.394 e. The Kier molecular flexibility index (Phi) is 56.8. The summed E-state index contributed by atoms with van der Waals surface area (Å²) in [5, 5.41) is 13.4. The Labute approximate surface area is 761 Å². The van der Waals surface area contributed by atoms with Crippen molar-refractivity contribution in [3.8, 4) is 17.2 Å². The zero-order valence-corrected chi connectivity index (χ0v) is 80.1. The van der Waals surface area contributed by atoms with Gasteiger partial charge in [-0.05, 0) is 87.0 Å². The monoisotopic (exact) mass is 1820 g/mol. The number of Topliss-reactive ketones (excluding diaryl/α,β-unsaturated/α-hetero) is 1. The van der Waals surface area contributed by atoms with E-state index >= 15 is 4.57 Å². The minimum absolute atomic E-state index is 0.0360. The van der Waals surface area contributed by atoms with Gasteiger partial charge in [0.2, 0.25) is 11.7 Å². The lowest BCUT2D eigenvalue weighted by Gasteiger charge is -2.26. The largest absolute Gasteiger partial charge is 0.490 e. The normalized spacial score (nSPS) is 16.7. The van der Waals surface area contributed by atoms with E-state index < -0.39 is 91.7 Å². The number of hydrogen-bond donors (Lipinski definition) is 3. The molecular weight excluding hydrogens is 1660 g/mol. The second-order valence-corrected chi connectivity index (χ2v) is 39.2. The van der Waals surface area contributed by atoms with E-state index in [1.165, 1.54) is 288 Å². The van der Waals surface area contributed by atoms with Crippen LogP contribution in [-0.4, -0.2) is 136 Å². The first kappa shape index (κ1) is 108. The lowest BCUT2D eigenvalue weighted by Crippen LogP contribution is -2.33. The van der Waals surface area contributed by atoms with Crippen molar-refractivity contribution in [3.05, 3.63) is 102 Å². The number of ether oxygens (including phenoxy) is 7. The van der Waals surface area contributed by atoms with Gasteiger partial charge in [0.15, 0.2) is 11.5 Å². The number of aliphatic hydroxyl groups is 1. The third-order valence-electron chi connectivity index (χ3n) is 23.7. The van der Waals surface area contributed by atoms with E-state index in [2.05, 4.69) is 36.1 Å². The number of nitrogens with zero attached hydrogens (tertiary/aromatic N) is 4. The summed E-state index contributed by atoms with van der Waals surface area (Å²) >= 11 is 6.89. The molecule has 0 bridgehead atoms. The molecule has 2 saturated heterocycles. The Bertz CT molecular complexity index is 3860. The molecule has 2 fully saturated rings. The second-order valence-electron chi connectivity index (χ2n) is 34.8. The SMILES string of the molecule is CCCCCCCCCCCCCCCCCCOc1cc(C(=O)N(C)CCOC(=O)CCC(=O)Nc2ccn([C@H]3CC(OC(=O)CCC(C)=O)[C@@H](COP(=O)(OC4C[C@H](n5cc(C)c(=O)[nH]c5=O)O[C@@H]4CO)Sc4ccc(Cl)cc4)O3)c(=O)n2)cc(OCCCCCCCCCCCCCCCCCC)c1OCCCCCCCCCCCCCCCCCC. The highest BCUT2D eigenvalue weighted by molar-refractivity contribution is 8.55. The zero-order valence-electron chi connectivity index (χ0n) is 77.6. The molecule has 2 aromatic heterocycles. The second kappa shape index (κ2) is 66.1. The van der Waals surface area contributed by atoms with Crippen molar-refractivity contribution < 1.29 is 75.8 Å². The van der Waals surface area contributed by atoms with Crippen molar-refractivity contribution in [3.63, 3.8) is 0 Å². The molecule has 0 aliphatic carbocycles. The number of unbranched alkanes of at least 4 members (excludes halogenated alkanes) is 45. The van der Waals surface area contributed by atoms with Crippen LogP contribution >= 0.6 is 29.8 Å². The molecule has 3 N–H and O–H groups in total. The van der Waals surface area contributed by atoms with Crippen LogP contribution in [0.25, 0.3) is 0 Å². The van der Waals surface area contributed by atoms with Crippen molar-refractivity contribution >= 4 is 65.1 Å². The molecule has 25 nitrogen and oxygen atoms in total. The molecule has 2 aliphatic rings. The predicted molar refractivity (Wildman–Crippen MR) is 502 cm³/mol. The molecule has 2 aliphatic heterocycles. The van der Waals surface area contributed by atoms with E-state index in [0.717, 1.165) is 66.9 Å². The molecule has 4 aromatic rings. The van der Waals surface area contributed by atoms with E-state index in [0.29, 0.717) is 63.9 Å². The van der Waals surface area contributed by atoms with Crippen molar-refractivity contribution in [1.82, 2.24) is 24.0 Å². The first-order valence-corrected chi connectivity index (χ1v) is 52.2. The number of hydrogen-bond acceptors (Lipinski definition) is 21. The summed E-state index contributed by atoms with van der Waals surface area (Å²) in [6, 6.07) is 11.1. The minimum Gasteiger partial charge on any atom is -0.490 e. The fourth-order valence-electron chi connectivity index (χ4n) is 16.0. The molecule has 7 atom stereocenters. The van der Waals surface area contributed by atoms with Crippen LogP contribution in [0.4, 0.5) is 5.82 Å². The molecule has 28 heteroatoms. The number of carbonyl (C=O) groups is 5. The topological polar surface area (TPSA) is 311 Å². The average Bonchev–Trinajstić information content (AvgIpc) is 1.59. The standard InChI is InChI=1S/C98H158ClN6O19PS/c1-7-10-13-16-19-22-25-28-31-34-37-40-43-46-49-52-66-116-84-70-79(71-85(117-67-53-50-47-44-41-38-35-32-29-26-23-20-17-14-11-8-2)94(84)119-68-54-51-48-45-42-39-36-33-30-27-24-21-18-15-12-9-3)96(112)103(6)65-69-118-92(109)62-60-89(108)100-88-63-64-104(97(113)101-88)90-72-82(123-93(110)61-55-78(5)107)87(122-90)76-120-125(115,126-81-58-56-80(99)57-59-81)124-83-73-91(121-86(83)75-106)105-74-77(4)95(111)102-98(105)114/h56-59,63-64,70-71,74,82-83,86-87,90-91,106H,7-55,60-62,65-69,72-73,75-76H2,1-6H3,(H,102,111,114)(H,100,101,108,113)/t82?,83?,86-,87-,90-,91-,125?/m1/s1. The molecule has 3 unspecified atom stereocenters. The number of likely N-dealkylation sites (N-methyl/N-ethyl adjacent to an activating group) is 1. The summed E-state index contributed by atoms with van der Waals surface area (Å²) in [5.41, 5.74) is -1.69. The number of aromatic amines is 1. The number of amides is 2. The summed E-state index contributed by atoms with van der Waals surface area (Å²) < 4.78 is 73.4. The molecule has 0 saturated carbocycles. The van der Waals surface area contributed by atoms with Crippen molar-refractivity contribution in [2.45, 2.75) is 423 Å². The highest BCUT2D eigenvalue weighted by Crippen LogP contribution is 2.66. The van der Waals surface area contributed by atoms with E-state index in [9.17, 15) is 43.5 Å². The molecule has 126 heavy (non-hydrogen) atoms. The number of carbonyl (C=O) groups excluding carboxylic acids is 5. The van der Waals surface area contributed by atoms with Crippen LogP contribution in [-0.2, 0) is 51.7 Å². The molecule has 2 amide bonds. The Morgan fingerprint density at radius 2 is 0.984 bits per heavy atom. The van der Waals surface area contributed by atoms with Crippen molar-refractivity contribution in [1.29, 1.82) is 0 Å². The highest BCUT2D eigenvalue weighted by Gasteiger charge is 2.46. The van der Waals surface area contributed by atoms with Gasteiger partial charge in [0, 0.05) is 66.2 Å². The Morgan fingerprint density at radius 1 is 0.556 bits per heavy atom. The molecular formula is C98H158ClN6O19PS. The number of benzene rings is 2. The molecule has 0 spiro atoms. The number of esters is 2. The smallest absolute Gasteiger partial charge is 0.394 e. The van der Waals surface area contributed by atoms with Crippen LogP contribution in [0.15, 0.2) is 74.1 Å². The van der Waals surface area contributed by atoms with Gasteiger partial charge < -0.3 is 53.3 Å². The first-order valence-electron chi connectivity index (χ1n) is 48.9. The maximum atomic E-state index is 15.1. The van der Waals surface area contributed by atoms with Gasteiger partial charge >= 0.3 is 30.1 Å². The lowest BCUT2D eigenvalue weighted by molar-refractivity contribution is -0.153. The number of aromatic nitrogens is 4. The van der Waals surface area contributed by atoms with Gasteiger partial charge in [-0.1, -0.05) is 321 Å². The third-order valence-corrected chi connectivity index (χ3v) is 27.5. The molecule has 6 rings (SSSR count). The fraction of sp³-hybridized carbons (Fsp3) is 0.745. The Hall–Kier alpha value is -6.38. The highest BCUT2D eigenvalue weighted by atomic mass is 35.5. The lowest BCUT2D eigenvalue weighted by atomic mass is 10.0. The molecule has 712 valence electrons. The summed E-state index contributed by atoms with van der Waals surface area (Å²) in [4.78, 5) is 113. The number of H-pyrrole nitrogens is 1. The number of rotatable bonds is 76. The van der Waals surface area contributed by atoms with Crippen LogP contribution in [0, 0.1) is 6.92 Å². The van der Waals surface area contributed by atoms with Crippen molar-refractivity contribution in [2.24, 2.45) is 0 Å². The summed E-state index contributed by atoms with van der Waals surface area (Å²) in [6.07, 6.45) is 55.3. The van der Waals surface area contributed by atoms with Crippen LogP contribution in [0.3, 0.4) is 0 Å². The van der Waals surface area contributed by atoms with Gasteiger partial charge in [-0.3, -0.25) is 47.1 Å². The van der Waals surface area contributed by atoms with Crippen LogP contribution < -0.4 is 36.5 Å². The Morgan fingerprint density at radius 3 is 1.44 bits per heavy atom. The zero-order chi connectivity index (χ0) is 90.6. The quantitative estimate of drug-likeness (QED) is 0.0210. The predicted octanol–water partition coefficient (Wildman–Crippen LogP) is 23.9. The van der Waals surface area contributed by atoms with E-state index in [4.69, 9.17) is 53.8 Å². The number of halogens is 1. The van der Waals surface area contributed by atoms with Gasteiger partial charge in [0.1, 0.15) is 55.1 Å². The van der Waals surface area contributed by atoms with Gasteiger partial charge in [-0.25, -0.2) is 14.2 Å². The van der Waals surface area contributed by atoms with Gasteiger partial charge in [-0.15, -0.1) is 0 Å². The fourth-order valence-corrected chi connectivity index (χ4v) is 19.6. The summed E-state index contributed by atoms with van der Waals surface area (Å²) in [7, 11) is 1.64. The van der Waals surface area contributed by atoms with E-state index in [1.807, 2.05) is 0 Å². The van der Waals surface area contributed by atoms with Crippen LogP contribution in [0.2, 0.25) is 5.02 Å². The van der Waals surface area contributed by atoms with Gasteiger partial charge in [0.25, 0.3) is 11.5 Å². The third kappa shape index (κ3) is 45.4.